The molecule has 0 radical (unpaired) electrons. The summed E-state index contributed by atoms with van der Waals surface area (Å²) in [5.41, 5.74) is -0.970. The molecule has 0 aromatic heterocycles. The van der Waals surface area contributed by atoms with Crippen LogP contribution in [0.1, 0.15) is 18.4 Å². The summed E-state index contributed by atoms with van der Waals surface area (Å²) in [6.45, 7) is 2.56. The number of sulfonamides is 1. The Morgan fingerprint density at radius 1 is 1.17 bits per heavy atom. The second-order valence-corrected chi connectivity index (χ2v) is 7.86. The van der Waals surface area contributed by atoms with Crippen LogP contribution < -0.4 is 4.72 Å². The van der Waals surface area contributed by atoms with Gasteiger partial charge in [-0.3, -0.25) is 4.90 Å². The highest BCUT2D eigenvalue weighted by Gasteiger charge is 2.36. The number of alkyl halides is 3. The number of hydrogen-bond acceptors (Lipinski definition) is 4. The van der Waals surface area contributed by atoms with Crippen molar-refractivity contribution in [1.82, 2.24) is 9.62 Å². The van der Waals surface area contributed by atoms with Crippen LogP contribution in [0.25, 0.3) is 0 Å². The van der Waals surface area contributed by atoms with Gasteiger partial charge in [-0.05, 0) is 31.0 Å². The van der Waals surface area contributed by atoms with E-state index in [9.17, 15) is 21.6 Å². The first-order valence-electron chi connectivity index (χ1n) is 7.77. The second-order valence-electron chi connectivity index (χ2n) is 6.14. The van der Waals surface area contributed by atoms with Gasteiger partial charge in [-0.15, -0.1) is 0 Å². The van der Waals surface area contributed by atoms with Crippen molar-refractivity contribution in [1.29, 1.82) is 0 Å². The highest BCUT2D eigenvalue weighted by Crippen LogP contribution is 2.30. The average Bonchev–Trinajstić information content (AvgIpc) is 2.51. The molecule has 0 spiro atoms. The molecule has 0 bridgehead atoms. The summed E-state index contributed by atoms with van der Waals surface area (Å²) in [4.78, 5) is 1.82. The van der Waals surface area contributed by atoms with Crippen LogP contribution in [0, 0.1) is 0 Å². The fraction of sp³-hybridized carbons (Fsp3) is 0.600. The molecule has 1 aromatic carbocycles. The lowest BCUT2D eigenvalue weighted by Crippen LogP contribution is -2.62. The van der Waals surface area contributed by atoms with Crippen LogP contribution in [0.3, 0.4) is 0 Å². The second kappa shape index (κ2) is 6.62. The van der Waals surface area contributed by atoms with Crippen LogP contribution in [0.2, 0.25) is 0 Å². The predicted molar refractivity (Wildman–Crippen MR) is 81.0 cm³/mol. The van der Waals surface area contributed by atoms with Crippen molar-refractivity contribution in [2.75, 3.05) is 26.3 Å². The van der Waals surface area contributed by atoms with Crippen molar-refractivity contribution in [3.8, 4) is 0 Å². The Balaban J connectivity index is 1.61. The maximum atomic E-state index is 12.7. The van der Waals surface area contributed by atoms with Gasteiger partial charge in [0.25, 0.3) is 0 Å². The number of nitrogens with zero attached hydrogens (tertiary/aromatic N) is 1. The molecule has 0 atom stereocenters. The highest BCUT2D eigenvalue weighted by molar-refractivity contribution is 7.89. The number of nitrogens with one attached hydrogen (secondary N) is 1. The zero-order valence-corrected chi connectivity index (χ0v) is 13.7. The molecule has 0 amide bonds. The fourth-order valence-electron chi connectivity index (χ4n) is 3.06. The Morgan fingerprint density at radius 2 is 1.83 bits per heavy atom. The quantitative estimate of drug-likeness (QED) is 0.886. The number of benzene rings is 1. The number of halogens is 3. The molecular formula is C15H19F3N2O3S. The summed E-state index contributed by atoms with van der Waals surface area (Å²) >= 11 is 0. The molecule has 9 heteroatoms. The molecule has 2 saturated heterocycles. The molecule has 24 heavy (non-hydrogen) atoms. The molecule has 0 unspecified atom stereocenters. The van der Waals surface area contributed by atoms with Gasteiger partial charge in [0, 0.05) is 38.4 Å². The van der Waals surface area contributed by atoms with Gasteiger partial charge >= 0.3 is 6.18 Å². The molecule has 2 aliphatic rings. The number of ether oxygens (including phenoxy) is 1. The first-order valence-corrected chi connectivity index (χ1v) is 9.25. The zero-order chi connectivity index (χ0) is 17.4. The Hall–Kier alpha value is -1.16. The largest absolute Gasteiger partial charge is 0.416 e. The summed E-state index contributed by atoms with van der Waals surface area (Å²) < 4.78 is 70.5. The smallest absolute Gasteiger partial charge is 0.381 e. The van der Waals surface area contributed by atoms with E-state index in [1.54, 1.807) is 0 Å². The van der Waals surface area contributed by atoms with Gasteiger partial charge in [-0.1, -0.05) is 6.07 Å². The molecule has 5 nitrogen and oxygen atoms in total. The van der Waals surface area contributed by atoms with E-state index in [2.05, 4.69) is 9.62 Å². The summed E-state index contributed by atoms with van der Waals surface area (Å²) in [6, 6.07) is 3.92. The fourth-order valence-corrected chi connectivity index (χ4v) is 4.33. The van der Waals surface area contributed by atoms with Crippen LogP contribution in [0.4, 0.5) is 13.2 Å². The SMILES string of the molecule is O=S(=O)(NC1CN(C2CCOCC2)C1)c1cccc(C(F)(F)F)c1. The zero-order valence-electron chi connectivity index (χ0n) is 12.9. The van der Waals surface area contributed by atoms with Crippen molar-refractivity contribution >= 4 is 10.0 Å². The molecule has 3 rings (SSSR count). The molecule has 0 saturated carbocycles. The summed E-state index contributed by atoms with van der Waals surface area (Å²) in [6.07, 6.45) is -2.72. The summed E-state index contributed by atoms with van der Waals surface area (Å²) in [7, 11) is -3.96. The monoisotopic (exact) mass is 364 g/mol. The molecule has 134 valence electrons. The van der Waals surface area contributed by atoms with Crippen molar-refractivity contribution in [3.05, 3.63) is 29.8 Å². The van der Waals surface area contributed by atoms with Crippen molar-refractivity contribution in [2.24, 2.45) is 0 Å². The lowest BCUT2D eigenvalue weighted by atomic mass is 10.0. The molecular weight excluding hydrogens is 345 g/mol. The number of hydrogen-bond donors (Lipinski definition) is 1. The highest BCUT2D eigenvalue weighted by atomic mass is 32.2. The van der Waals surface area contributed by atoms with Crippen LogP contribution >= 0.6 is 0 Å². The predicted octanol–water partition coefficient (Wildman–Crippen LogP) is 1.85. The maximum Gasteiger partial charge on any atom is 0.416 e. The molecule has 2 aliphatic heterocycles. The van der Waals surface area contributed by atoms with E-state index in [1.165, 1.54) is 6.07 Å². The first kappa shape index (κ1) is 17.7. The van der Waals surface area contributed by atoms with Gasteiger partial charge in [-0.25, -0.2) is 13.1 Å². The Morgan fingerprint density at radius 3 is 2.46 bits per heavy atom. The standard InChI is InChI=1S/C15H19F3N2O3S/c16-15(17,18)11-2-1-3-14(8-11)24(21,22)19-12-9-20(10-12)13-4-6-23-7-5-13/h1-3,8,12-13,19H,4-7,9-10H2. The minimum Gasteiger partial charge on any atom is -0.381 e. The first-order chi connectivity index (χ1) is 11.3. The topological polar surface area (TPSA) is 58.6 Å². The van der Waals surface area contributed by atoms with Gasteiger partial charge in [-0.2, -0.15) is 13.2 Å². The molecule has 2 heterocycles. The lowest BCUT2D eigenvalue weighted by molar-refractivity contribution is -0.137. The minimum absolute atomic E-state index is 0.271. The maximum absolute atomic E-state index is 12.7. The Bertz CT molecular complexity index is 681. The van der Waals surface area contributed by atoms with E-state index in [0.29, 0.717) is 38.4 Å². The van der Waals surface area contributed by atoms with E-state index >= 15 is 0 Å². The van der Waals surface area contributed by atoms with Gasteiger partial charge < -0.3 is 4.74 Å². The van der Waals surface area contributed by atoms with E-state index in [4.69, 9.17) is 4.74 Å². The molecule has 0 aliphatic carbocycles. The normalized spacial score (nSPS) is 21.6. The van der Waals surface area contributed by atoms with E-state index < -0.39 is 21.8 Å². The molecule has 1 N–H and O–H groups in total. The summed E-state index contributed by atoms with van der Waals surface area (Å²) in [5.74, 6) is 0. The van der Waals surface area contributed by atoms with Crippen LogP contribution in [-0.4, -0.2) is 51.7 Å². The summed E-state index contributed by atoms with van der Waals surface area (Å²) in [5, 5.41) is 0. The van der Waals surface area contributed by atoms with Gasteiger partial charge in [0.2, 0.25) is 10.0 Å². The van der Waals surface area contributed by atoms with Gasteiger partial charge in [0.05, 0.1) is 10.5 Å². The van der Waals surface area contributed by atoms with E-state index in [-0.39, 0.29) is 10.9 Å². The lowest BCUT2D eigenvalue weighted by Gasteiger charge is -2.45. The van der Waals surface area contributed by atoms with Crippen molar-refractivity contribution in [3.63, 3.8) is 0 Å². The van der Waals surface area contributed by atoms with Crippen LogP contribution in [0.15, 0.2) is 29.2 Å². The van der Waals surface area contributed by atoms with Crippen LogP contribution in [-0.2, 0) is 20.9 Å². The Kier molecular flexibility index (Phi) is 4.87. The third-order valence-corrected chi connectivity index (χ3v) is 5.93. The molecule has 2 fully saturated rings. The van der Waals surface area contributed by atoms with Gasteiger partial charge in [0.15, 0.2) is 0 Å². The third-order valence-electron chi connectivity index (χ3n) is 4.41. The average molecular weight is 364 g/mol. The minimum atomic E-state index is -4.57. The Labute approximate surface area is 138 Å². The number of likely N-dealkylation sites (tertiary alicyclic amines) is 1. The van der Waals surface area contributed by atoms with Crippen molar-refractivity contribution < 1.29 is 26.3 Å². The van der Waals surface area contributed by atoms with Gasteiger partial charge in [0.1, 0.15) is 0 Å². The third kappa shape index (κ3) is 3.90. The number of rotatable bonds is 4. The van der Waals surface area contributed by atoms with Crippen molar-refractivity contribution in [2.45, 2.75) is 36.0 Å². The van der Waals surface area contributed by atoms with Crippen LogP contribution in [0.5, 0.6) is 0 Å². The molecule has 1 aromatic rings. The van der Waals surface area contributed by atoms with E-state index in [0.717, 1.165) is 25.0 Å². The van der Waals surface area contributed by atoms with E-state index in [1.807, 2.05) is 0 Å².